The smallest absolute Gasteiger partial charge is 0.227 e. The zero-order chi connectivity index (χ0) is 40.0. The molecular weight excluding hydrogens is 751 g/mol. The lowest BCUT2D eigenvalue weighted by atomic mass is 10.0. The molecule has 0 fully saturated rings. The number of nitrogens with zero attached hydrogens (tertiary/aromatic N) is 5. The summed E-state index contributed by atoms with van der Waals surface area (Å²) in [7, 11) is 0. The van der Waals surface area contributed by atoms with E-state index in [4.69, 9.17) is 28.8 Å². The van der Waals surface area contributed by atoms with Gasteiger partial charge in [-0.15, -0.1) is 0 Å². The molecule has 0 N–H and O–H groups in total. The van der Waals surface area contributed by atoms with Crippen LogP contribution in [0, 0.1) is 0 Å². The van der Waals surface area contributed by atoms with Crippen molar-refractivity contribution in [2.75, 3.05) is 0 Å². The van der Waals surface area contributed by atoms with Crippen molar-refractivity contribution >= 4 is 76.4 Å². The maximum absolute atomic E-state index is 6.53. The summed E-state index contributed by atoms with van der Waals surface area (Å²) in [5, 5.41) is 8.64. The van der Waals surface area contributed by atoms with E-state index < -0.39 is 0 Å². The average molecular weight is 782 g/mol. The molecule has 13 aromatic rings. The fourth-order valence-electron chi connectivity index (χ4n) is 8.95. The molecule has 284 valence electrons. The van der Waals surface area contributed by atoms with Gasteiger partial charge in [-0.2, -0.15) is 0 Å². The highest BCUT2D eigenvalue weighted by molar-refractivity contribution is 6.25. The third-order valence-corrected chi connectivity index (χ3v) is 11.9. The van der Waals surface area contributed by atoms with E-state index in [0.717, 1.165) is 88.0 Å². The van der Waals surface area contributed by atoms with E-state index in [1.807, 2.05) is 48.5 Å². The number of oxazole rings is 1. The quantitative estimate of drug-likeness (QED) is 0.173. The van der Waals surface area contributed by atoms with Crippen LogP contribution in [0.4, 0.5) is 0 Å². The molecule has 7 nitrogen and oxygen atoms in total. The summed E-state index contributed by atoms with van der Waals surface area (Å²) < 4.78 is 15.3. The Hall–Kier alpha value is -8.42. The highest BCUT2D eigenvalue weighted by Gasteiger charge is 2.20. The Labute approximate surface area is 347 Å². The molecule has 0 aliphatic heterocycles. The normalized spacial score (nSPS) is 11.9. The number of hydrogen-bond donors (Lipinski definition) is 0. The van der Waals surface area contributed by atoms with E-state index in [1.165, 1.54) is 10.8 Å². The Morgan fingerprint density at radius 3 is 1.69 bits per heavy atom. The first kappa shape index (κ1) is 33.5. The van der Waals surface area contributed by atoms with Crippen LogP contribution in [-0.2, 0) is 0 Å². The van der Waals surface area contributed by atoms with Crippen molar-refractivity contribution < 1.29 is 8.83 Å². The van der Waals surface area contributed by atoms with Gasteiger partial charge >= 0.3 is 0 Å². The van der Waals surface area contributed by atoms with Crippen LogP contribution in [0.1, 0.15) is 0 Å². The summed E-state index contributed by atoms with van der Waals surface area (Å²) in [6, 6.07) is 64.7. The first-order valence-electron chi connectivity index (χ1n) is 20.3. The van der Waals surface area contributed by atoms with Crippen LogP contribution in [0.2, 0.25) is 0 Å². The molecule has 0 unspecified atom stereocenters. The Morgan fingerprint density at radius 2 is 0.934 bits per heavy atom. The van der Waals surface area contributed by atoms with Crippen molar-refractivity contribution in [2.45, 2.75) is 0 Å². The van der Waals surface area contributed by atoms with Crippen molar-refractivity contribution in [3.05, 3.63) is 188 Å². The van der Waals surface area contributed by atoms with Crippen LogP contribution in [0.3, 0.4) is 0 Å². The Morgan fingerprint density at radius 1 is 0.361 bits per heavy atom. The molecule has 4 heterocycles. The molecule has 0 spiro atoms. The summed E-state index contributed by atoms with van der Waals surface area (Å²) >= 11 is 0. The molecule has 0 aliphatic rings. The van der Waals surface area contributed by atoms with E-state index in [-0.39, 0.29) is 0 Å². The van der Waals surface area contributed by atoms with Crippen molar-refractivity contribution in [3.63, 3.8) is 0 Å². The molecule has 0 amide bonds. The van der Waals surface area contributed by atoms with Gasteiger partial charge in [0, 0.05) is 44.1 Å². The summed E-state index contributed by atoms with van der Waals surface area (Å²) in [5.74, 6) is 2.33. The van der Waals surface area contributed by atoms with E-state index >= 15 is 0 Å². The average Bonchev–Trinajstić information content (AvgIpc) is 4.04. The minimum absolute atomic E-state index is 0.570. The SMILES string of the molecule is c1ccc(-c2nc3ccc4oc5ccc6ccc(-c7nc(-c8ccc(-n9c%10ccccc%10c%10ccccc%109)cc8)nc(-c8ccc9ccccc9c8)n7)cc6c5c4c3o2)cc1. The van der Waals surface area contributed by atoms with Crippen molar-refractivity contribution in [3.8, 4) is 51.3 Å². The van der Waals surface area contributed by atoms with Gasteiger partial charge in [-0.3, -0.25) is 0 Å². The van der Waals surface area contributed by atoms with E-state index in [0.29, 0.717) is 28.9 Å². The molecule has 61 heavy (non-hydrogen) atoms. The van der Waals surface area contributed by atoms with Gasteiger partial charge in [0.05, 0.1) is 16.4 Å². The molecule has 9 aromatic carbocycles. The standard InChI is InChI=1S/C54H31N5O2/c1-2-11-35(12-3-1)54-55-43-27-29-47-49(50(43)61-54)48-42-31-38(21-19-33(42)24-28-46(48)60-47)53-57-51(56-52(58-53)37-20-18-32-10-4-5-13-36(32)30-37)34-22-25-39(26-23-34)59-44-16-8-6-14-40(44)41-15-7-9-17-45(41)59/h1-31H. The summed E-state index contributed by atoms with van der Waals surface area (Å²) in [4.78, 5) is 20.4. The summed E-state index contributed by atoms with van der Waals surface area (Å²) in [5.41, 5.74) is 9.93. The third kappa shape index (κ3) is 5.31. The van der Waals surface area contributed by atoms with Crippen molar-refractivity contribution in [1.29, 1.82) is 0 Å². The second-order valence-corrected chi connectivity index (χ2v) is 15.4. The highest BCUT2D eigenvalue weighted by Crippen LogP contribution is 2.41. The minimum Gasteiger partial charge on any atom is -0.456 e. The number of hydrogen-bond acceptors (Lipinski definition) is 6. The highest BCUT2D eigenvalue weighted by atomic mass is 16.4. The zero-order valence-electron chi connectivity index (χ0n) is 32.5. The van der Waals surface area contributed by atoms with Gasteiger partial charge in [0.15, 0.2) is 23.1 Å². The molecule has 13 rings (SSSR count). The van der Waals surface area contributed by atoms with Crippen molar-refractivity contribution in [2.24, 2.45) is 0 Å². The Balaban J connectivity index is 0.992. The number of para-hydroxylation sites is 2. The topological polar surface area (TPSA) is 82.8 Å². The van der Waals surface area contributed by atoms with Gasteiger partial charge in [0.2, 0.25) is 5.89 Å². The Kier molecular flexibility index (Phi) is 7.17. The van der Waals surface area contributed by atoms with E-state index in [2.05, 4.69) is 144 Å². The van der Waals surface area contributed by atoms with Gasteiger partial charge in [0.25, 0.3) is 0 Å². The first-order chi connectivity index (χ1) is 30.2. The lowest BCUT2D eigenvalue weighted by Crippen LogP contribution is -2.01. The molecule has 0 saturated carbocycles. The molecule has 0 saturated heterocycles. The van der Waals surface area contributed by atoms with Crippen LogP contribution in [-0.4, -0.2) is 24.5 Å². The predicted molar refractivity (Wildman–Crippen MR) is 246 cm³/mol. The molecule has 0 atom stereocenters. The molecule has 7 heteroatoms. The second kappa shape index (κ2) is 13.0. The second-order valence-electron chi connectivity index (χ2n) is 15.4. The number of benzene rings is 9. The lowest BCUT2D eigenvalue weighted by Gasteiger charge is -2.11. The molecule has 0 radical (unpaired) electrons. The molecule has 4 aromatic heterocycles. The minimum atomic E-state index is 0.570. The fourth-order valence-corrected chi connectivity index (χ4v) is 8.95. The fraction of sp³-hybridized carbons (Fsp3) is 0. The van der Waals surface area contributed by atoms with Gasteiger partial charge in [0.1, 0.15) is 16.7 Å². The third-order valence-electron chi connectivity index (χ3n) is 11.9. The van der Waals surface area contributed by atoms with Crippen LogP contribution in [0.5, 0.6) is 0 Å². The number of furan rings is 1. The first-order valence-corrected chi connectivity index (χ1v) is 20.3. The van der Waals surface area contributed by atoms with Gasteiger partial charge in [-0.1, -0.05) is 109 Å². The number of aromatic nitrogens is 5. The lowest BCUT2D eigenvalue weighted by molar-refractivity contribution is 0.622. The van der Waals surface area contributed by atoms with E-state index in [1.54, 1.807) is 0 Å². The number of rotatable bonds is 5. The van der Waals surface area contributed by atoms with E-state index in [9.17, 15) is 0 Å². The molecule has 0 aliphatic carbocycles. The van der Waals surface area contributed by atoms with Crippen LogP contribution >= 0.6 is 0 Å². The summed E-state index contributed by atoms with van der Waals surface area (Å²) in [6.45, 7) is 0. The van der Waals surface area contributed by atoms with Gasteiger partial charge in [-0.05, 0) is 100 Å². The van der Waals surface area contributed by atoms with Gasteiger partial charge < -0.3 is 13.4 Å². The van der Waals surface area contributed by atoms with Crippen LogP contribution < -0.4 is 0 Å². The number of fused-ring (bicyclic) bond motifs is 11. The Bertz CT molecular complexity index is 3830. The van der Waals surface area contributed by atoms with Gasteiger partial charge in [-0.25, -0.2) is 19.9 Å². The zero-order valence-corrected chi connectivity index (χ0v) is 32.5. The largest absolute Gasteiger partial charge is 0.456 e. The summed E-state index contributed by atoms with van der Waals surface area (Å²) in [6.07, 6.45) is 0. The maximum atomic E-state index is 6.53. The monoisotopic (exact) mass is 781 g/mol. The van der Waals surface area contributed by atoms with Crippen LogP contribution in [0.15, 0.2) is 197 Å². The molecular formula is C54H31N5O2. The molecule has 0 bridgehead atoms. The predicted octanol–water partition coefficient (Wildman–Crippen LogP) is 14.0. The van der Waals surface area contributed by atoms with Crippen molar-refractivity contribution in [1.82, 2.24) is 24.5 Å². The maximum Gasteiger partial charge on any atom is 0.227 e. The van der Waals surface area contributed by atoms with Crippen LogP contribution in [0.25, 0.3) is 128 Å².